The minimum atomic E-state index is 0.680. The first-order chi connectivity index (χ1) is 6.85. The fourth-order valence-corrected chi connectivity index (χ4v) is 2.36. The predicted molar refractivity (Wildman–Crippen MR) is 62.6 cm³/mol. The van der Waals surface area contributed by atoms with Gasteiger partial charge in [-0.1, -0.05) is 13.8 Å². The molecule has 0 atom stereocenters. The van der Waals surface area contributed by atoms with Gasteiger partial charge in [-0.25, -0.2) is 0 Å². The predicted octanol–water partition coefficient (Wildman–Crippen LogP) is 2.11. The van der Waals surface area contributed by atoms with Gasteiger partial charge < -0.3 is 10.2 Å². The van der Waals surface area contributed by atoms with Crippen LogP contribution in [0, 0.1) is 5.41 Å². The second-order valence-electron chi connectivity index (χ2n) is 4.51. The zero-order valence-electron chi connectivity index (χ0n) is 10.1. The summed E-state index contributed by atoms with van der Waals surface area (Å²) in [6.07, 6.45) is 5.75. The standard InChI is InChI=1S/C10H20N2.C2H6/c1-11-8-10(4-5-10)9-12-6-2-3-7-12;1-2/h11H,2-9H2,1H3;1-2H3. The van der Waals surface area contributed by atoms with Crippen LogP contribution in [0.25, 0.3) is 0 Å². The van der Waals surface area contributed by atoms with Gasteiger partial charge in [0.25, 0.3) is 0 Å². The Morgan fingerprint density at radius 3 is 2.14 bits per heavy atom. The van der Waals surface area contributed by atoms with Crippen molar-refractivity contribution in [2.24, 2.45) is 5.41 Å². The molecule has 0 aromatic heterocycles. The van der Waals surface area contributed by atoms with Crippen molar-refractivity contribution < 1.29 is 0 Å². The van der Waals surface area contributed by atoms with E-state index in [1.807, 2.05) is 13.8 Å². The fraction of sp³-hybridized carbons (Fsp3) is 1.00. The molecule has 0 amide bonds. The first kappa shape index (κ1) is 12.0. The monoisotopic (exact) mass is 198 g/mol. The third-order valence-corrected chi connectivity index (χ3v) is 3.27. The molecule has 84 valence electrons. The molecule has 1 N–H and O–H groups in total. The highest BCUT2D eigenvalue weighted by Crippen LogP contribution is 2.45. The van der Waals surface area contributed by atoms with Crippen LogP contribution in [0.5, 0.6) is 0 Å². The highest BCUT2D eigenvalue weighted by Gasteiger charge is 2.43. The van der Waals surface area contributed by atoms with Gasteiger partial charge in [-0.05, 0) is 51.2 Å². The van der Waals surface area contributed by atoms with Gasteiger partial charge in [0, 0.05) is 13.1 Å². The summed E-state index contributed by atoms with van der Waals surface area (Å²) in [5.74, 6) is 0. The van der Waals surface area contributed by atoms with Crippen LogP contribution >= 0.6 is 0 Å². The lowest BCUT2D eigenvalue weighted by atomic mass is 10.1. The van der Waals surface area contributed by atoms with Crippen LogP contribution < -0.4 is 5.32 Å². The zero-order chi connectivity index (χ0) is 10.4. The van der Waals surface area contributed by atoms with E-state index in [1.54, 1.807) is 0 Å². The van der Waals surface area contributed by atoms with E-state index in [0.717, 1.165) is 0 Å². The van der Waals surface area contributed by atoms with Crippen molar-refractivity contribution in [1.29, 1.82) is 0 Å². The second-order valence-corrected chi connectivity index (χ2v) is 4.51. The van der Waals surface area contributed by atoms with Crippen LogP contribution in [0.4, 0.5) is 0 Å². The summed E-state index contributed by atoms with van der Waals surface area (Å²) in [5, 5.41) is 3.32. The first-order valence-electron chi connectivity index (χ1n) is 6.22. The van der Waals surface area contributed by atoms with Gasteiger partial charge in [-0.2, -0.15) is 0 Å². The third-order valence-electron chi connectivity index (χ3n) is 3.27. The molecule has 1 heterocycles. The maximum atomic E-state index is 3.32. The smallest absolute Gasteiger partial charge is 0.00501 e. The fourth-order valence-electron chi connectivity index (χ4n) is 2.36. The Hall–Kier alpha value is -0.0800. The van der Waals surface area contributed by atoms with Crippen molar-refractivity contribution in [2.45, 2.75) is 39.5 Å². The minimum absolute atomic E-state index is 0.680. The zero-order valence-corrected chi connectivity index (χ0v) is 10.1. The normalized spacial score (nSPS) is 24.2. The summed E-state index contributed by atoms with van der Waals surface area (Å²) in [5.41, 5.74) is 0.680. The van der Waals surface area contributed by atoms with Crippen molar-refractivity contribution >= 4 is 0 Å². The van der Waals surface area contributed by atoms with Crippen LogP contribution in [0.2, 0.25) is 0 Å². The van der Waals surface area contributed by atoms with E-state index >= 15 is 0 Å². The van der Waals surface area contributed by atoms with Crippen molar-refractivity contribution in [3.63, 3.8) is 0 Å². The molecule has 2 heteroatoms. The highest BCUT2D eigenvalue weighted by molar-refractivity contribution is 4.97. The molecule has 0 radical (unpaired) electrons. The maximum absolute atomic E-state index is 3.32. The van der Waals surface area contributed by atoms with Gasteiger partial charge in [-0.15, -0.1) is 0 Å². The van der Waals surface area contributed by atoms with Crippen LogP contribution in [-0.4, -0.2) is 38.1 Å². The first-order valence-corrected chi connectivity index (χ1v) is 6.22. The number of nitrogens with zero attached hydrogens (tertiary/aromatic N) is 1. The third kappa shape index (κ3) is 3.25. The summed E-state index contributed by atoms with van der Waals surface area (Å²) in [4.78, 5) is 2.64. The molecule has 1 saturated carbocycles. The van der Waals surface area contributed by atoms with Gasteiger partial charge >= 0.3 is 0 Å². The molecule has 0 aromatic carbocycles. The highest BCUT2D eigenvalue weighted by atomic mass is 15.2. The molecule has 0 bridgehead atoms. The molecule has 14 heavy (non-hydrogen) atoms. The average Bonchev–Trinajstić information content (AvgIpc) is 2.78. The summed E-state index contributed by atoms with van der Waals surface area (Å²) in [7, 11) is 2.07. The Bertz CT molecular complexity index is 146. The lowest BCUT2D eigenvalue weighted by Crippen LogP contribution is -2.33. The lowest BCUT2D eigenvalue weighted by Gasteiger charge is -2.22. The Labute approximate surface area is 89.1 Å². The van der Waals surface area contributed by atoms with E-state index in [2.05, 4.69) is 17.3 Å². The SMILES string of the molecule is CC.CNCC1(CN2CCCC2)CC1. The Morgan fingerprint density at radius 1 is 1.14 bits per heavy atom. The van der Waals surface area contributed by atoms with E-state index < -0.39 is 0 Å². The van der Waals surface area contributed by atoms with Crippen molar-refractivity contribution in [1.82, 2.24) is 10.2 Å². The molecular weight excluding hydrogens is 172 g/mol. The summed E-state index contributed by atoms with van der Waals surface area (Å²) < 4.78 is 0. The molecule has 1 aliphatic heterocycles. The molecule has 0 aromatic rings. The van der Waals surface area contributed by atoms with Gasteiger partial charge in [0.1, 0.15) is 0 Å². The van der Waals surface area contributed by atoms with Crippen LogP contribution in [0.1, 0.15) is 39.5 Å². The molecular formula is C12H26N2. The van der Waals surface area contributed by atoms with Crippen LogP contribution in [0.3, 0.4) is 0 Å². The molecule has 2 rings (SSSR count). The largest absolute Gasteiger partial charge is 0.319 e. The Kier molecular flexibility index (Phi) is 4.90. The molecule has 0 spiro atoms. The van der Waals surface area contributed by atoms with Gasteiger partial charge in [0.15, 0.2) is 0 Å². The van der Waals surface area contributed by atoms with Gasteiger partial charge in [0.2, 0.25) is 0 Å². The van der Waals surface area contributed by atoms with Crippen molar-refractivity contribution in [3.05, 3.63) is 0 Å². The van der Waals surface area contributed by atoms with Crippen LogP contribution in [-0.2, 0) is 0 Å². The quantitative estimate of drug-likeness (QED) is 0.744. The summed E-state index contributed by atoms with van der Waals surface area (Å²) in [6.45, 7) is 9.29. The molecule has 0 unspecified atom stereocenters. The Morgan fingerprint density at radius 2 is 1.71 bits per heavy atom. The second kappa shape index (κ2) is 5.72. The van der Waals surface area contributed by atoms with E-state index in [-0.39, 0.29) is 0 Å². The lowest BCUT2D eigenvalue weighted by molar-refractivity contribution is 0.260. The van der Waals surface area contributed by atoms with E-state index in [0.29, 0.717) is 5.41 Å². The Balaban J connectivity index is 0.000000461. The maximum Gasteiger partial charge on any atom is 0.00501 e. The summed E-state index contributed by atoms with van der Waals surface area (Å²) in [6, 6.07) is 0. The molecule has 2 aliphatic rings. The van der Waals surface area contributed by atoms with Crippen LogP contribution in [0.15, 0.2) is 0 Å². The molecule has 1 aliphatic carbocycles. The average molecular weight is 198 g/mol. The number of likely N-dealkylation sites (tertiary alicyclic amines) is 1. The topological polar surface area (TPSA) is 15.3 Å². The van der Waals surface area contributed by atoms with Crippen molar-refractivity contribution in [3.8, 4) is 0 Å². The number of hydrogen-bond acceptors (Lipinski definition) is 2. The molecule has 1 saturated heterocycles. The van der Waals surface area contributed by atoms with E-state index in [1.165, 1.54) is 51.9 Å². The number of hydrogen-bond donors (Lipinski definition) is 1. The van der Waals surface area contributed by atoms with Gasteiger partial charge in [-0.3, -0.25) is 0 Å². The summed E-state index contributed by atoms with van der Waals surface area (Å²) >= 11 is 0. The molecule has 2 fully saturated rings. The van der Waals surface area contributed by atoms with Crippen molar-refractivity contribution in [2.75, 3.05) is 33.2 Å². The van der Waals surface area contributed by atoms with Gasteiger partial charge in [0.05, 0.1) is 0 Å². The number of rotatable bonds is 4. The minimum Gasteiger partial charge on any atom is -0.319 e. The van der Waals surface area contributed by atoms with E-state index in [4.69, 9.17) is 0 Å². The van der Waals surface area contributed by atoms with E-state index in [9.17, 15) is 0 Å². The molecule has 2 nitrogen and oxygen atoms in total. The number of nitrogens with one attached hydrogen (secondary N) is 1.